The summed E-state index contributed by atoms with van der Waals surface area (Å²) < 4.78 is 32.4. The summed E-state index contributed by atoms with van der Waals surface area (Å²) in [5.74, 6) is 0.337. The predicted molar refractivity (Wildman–Crippen MR) is 105 cm³/mol. The number of nitrogens with zero attached hydrogens (tertiary/aromatic N) is 1. The highest BCUT2D eigenvalue weighted by Crippen LogP contribution is 2.25. The van der Waals surface area contributed by atoms with Crippen molar-refractivity contribution in [3.63, 3.8) is 0 Å². The van der Waals surface area contributed by atoms with Crippen LogP contribution in [0.1, 0.15) is 36.5 Å². The van der Waals surface area contributed by atoms with Crippen LogP contribution >= 0.6 is 0 Å². The molecule has 1 N–H and O–H groups in total. The Hall–Kier alpha value is -2.38. The van der Waals surface area contributed by atoms with Crippen molar-refractivity contribution in [1.29, 1.82) is 0 Å². The van der Waals surface area contributed by atoms with E-state index in [1.165, 1.54) is 24.3 Å². The maximum atomic E-state index is 12.9. The van der Waals surface area contributed by atoms with Gasteiger partial charge in [-0.3, -0.25) is 4.79 Å². The van der Waals surface area contributed by atoms with E-state index in [1.54, 1.807) is 35.7 Å². The van der Waals surface area contributed by atoms with Crippen LogP contribution in [0, 0.1) is 0 Å². The molecule has 0 aromatic heterocycles. The van der Waals surface area contributed by atoms with Crippen LogP contribution in [0.15, 0.2) is 53.4 Å². The number of amides is 1. The van der Waals surface area contributed by atoms with Crippen LogP contribution in [0.2, 0.25) is 0 Å². The van der Waals surface area contributed by atoms with E-state index in [1.807, 2.05) is 6.92 Å². The Morgan fingerprint density at radius 2 is 1.89 bits per heavy atom. The molecule has 0 aliphatic carbocycles. The molecular formula is C20H24N2O4S. The number of methoxy groups -OCH3 is 1. The molecule has 1 amide bonds. The minimum atomic E-state index is -3.54. The summed E-state index contributed by atoms with van der Waals surface area (Å²) in [6, 6.07) is 13.1. The Morgan fingerprint density at radius 1 is 1.15 bits per heavy atom. The number of hydrogen-bond acceptors (Lipinski definition) is 4. The predicted octanol–water partition coefficient (Wildman–Crippen LogP) is 3.51. The topological polar surface area (TPSA) is 75.7 Å². The number of hydrogen-bond donors (Lipinski definition) is 1. The SMILES string of the molecule is COc1cccc(NC(=O)c2ccc(S(=O)(=O)N3CCCCC3C)cc2)c1. The first-order chi connectivity index (χ1) is 12.9. The van der Waals surface area contributed by atoms with Gasteiger partial charge in [0.05, 0.1) is 12.0 Å². The molecule has 1 saturated heterocycles. The Kier molecular flexibility index (Phi) is 5.82. The molecule has 0 bridgehead atoms. The molecule has 3 rings (SSSR count). The highest BCUT2D eigenvalue weighted by atomic mass is 32.2. The number of rotatable bonds is 5. The van der Waals surface area contributed by atoms with Gasteiger partial charge in [-0.15, -0.1) is 0 Å². The highest BCUT2D eigenvalue weighted by molar-refractivity contribution is 7.89. The molecule has 1 aliphatic rings. The first-order valence-electron chi connectivity index (χ1n) is 8.99. The van der Waals surface area contributed by atoms with E-state index >= 15 is 0 Å². The van der Waals surface area contributed by atoms with Gasteiger partial charge in [-0.05, 0) is 56.2 Å². The average Bonchev–Trinajstić information content (AvgIpc) is 2.68. The Labute approximate surface area is 160 Å². The number of benzene rings is 2. The zero-order valence-corrected chi connectivity index (χ0v) is 16.3. The molecule has 1 heterocycles. The van der Waals surface area contributed by atoms with Crippen LogP contribution in [-0.4, -0.2) is 38.3 Å². The van der Waals surface area contributed by atoms with Crippen LogP contribution in [0.25, 0.3) is 0 Å². The van der Waals surface area contributed by atoms with Crippen LogP contribution in [0.4, 0.5) is 5.69 Å². The van der Waals surface area contributed by atoms with Crippen molar-refractivity contribution in [3.05, 3.63) is 54.1 Å². The van der Waals surface area contributed by atoms with Gasteiger partial charge >= 0.3 is 0 Å². The number of ether oxygens (including phenoxy) is 1. The van der Waals surface area contributed by atoms with E-state index in [4.69, 9.17) is 4.74 Å². The van der Waals surface area contributed by atoms with Crippen molar-refractivity contribution in [2.45, 2.75) is 37.1 Å². The van der Waals surface area contributed by atoms with Crippen LogP contribution in [-0.2, 0) is 10.0 Å². The zero-order valence-electron chi connectivity index (χ0n) is 15.5. The van der Waals surface area contributed by atoms with Crippen molar-refractivity contribution < 1.29 is 17.9 Å². The quantitative estimate of drug-likeness (QED) is 0.850. The third-order valence-corrected chi connectivity index (χ3v) is 6.82. The second-order valence-electron chi connectivity index (χ2n) is 6.67. The summed E-state index contributed by atoms with van der Waals surface area (Å²) in [5.41, 5.74) is 1.00. The molecule has 6 nitrogen and oxygen atoms in total. The van der Waals surface area contributed by atoms with Crippen molar-refractivity contribution in [2.24, 2.45) is 0 Å². The first-order valence-corrected chi connectivity index (χ1v) is 10.4. The molecule has 1 atom stereocenters. The van der Waals surface area contributed by atoms with Crippen molar-refractivity contribution in [2.75, 3.05) is 19.0 Å². The lowest BCUT2D eigenvalue weighted by Gasteiger charge is -2.32. The van der Waals surface area contributed by atoms with E-state index < -0.39 is 10.0 Å². The molecule has 27 heavy (non-hydrogen) atoms. The number of sulfonamides is 1. The van der Waals surface area contributed by atoms with Crippen molar-refractivity contribution in [1.82, 2.24) is 4.31 Å². The first kappa shape index (κ1) is 19.4. The molecule has 1 aliphatic heterocycles. The Bertz CT molecular complexity index is 910. The monoisotopic (exact) mass is 388 g/mol. The van der Waals surface area contributed by atoms with Gasteiger partial charge in [0.25, 0.3) is 5.91 Å². The van der Waals surface area contributed by atoms with Gasteiger partial charge in [0, 0.05) is 29.9 Å². The fraction of sp³-hybridized carbons (Fsp3) is 0.350. The Morgan fingerprint density at radius 3 is 2.56 bits per heavy atom. The van der Waals surface area contributed by atoms with Gasteiger partial charge in [0.1, 0.15) is 5.75 Å². The van der Waals surface area contributed by atoms with Gasteiger partial charge in [0.2, 0.25) is 10.0 Å². The lowest BCUT2D eigenvalue weighted by atomic mass is 10.1. The fourth-order valence-electron chi connectivity index (χ4n) is 3.25. The van der Waals surface area contributed by atoms with Crippen LogP contribution < -0.4 is 10.1 Å². The van der Waals surface area contributed by atoms with Crippen molar-refractivity contribution >= 4 is 21.6 Å². The Balaban J connectivity index is 1.75. The molecule has 0 spiro atoms. The molecule has 0 radical (unpaired) electrons. The maximum absolute atomic E-state index is 12.9. The maximum Gasteiger partial charge on any atom is 0.255 e. The lowest BCUT2D eigenvalue weighted by molar-refractivity contribution is 0.102. The van der Waals surface area contributed by atoms with Crippen molar-refractivity contribution in [3.8, 4) is 5.75 Å². The number of anilines is 1. The molecule has 2 aromatic carbocycles. The molecule has 7 heteroatoms. The second kappa shape index (κ2) is 8.10. The van der Waals surface area contributed by atoms with E-state index in [9.17, 15) is 13.2 Å². The van der Waals surface area contributed by atoms with Gasteiger partial charge in [-0.2, -0.15) is 4.31 Å². The van der Waals surface area contributed by atoms with E-state index in [0.717, 1.165) is 19.3 Å². The number of nitrogens with one attached hydrogen (secondary N) is 1. The molecule has 2 aromatic rings. The molecule has 1 fully saturated rings. The summed E-state index contributed by atoms with van der Waals surface area (Å²) in [6.07, 6.45) is 2.81. The summed E-state index contributed by atoms with van der Waals surface area (Å²) in [4.78, 5) is 12.6. The van der Waals surface area contributed by atoms with Gasteiger partial charge in [-0.1, -0.05) is 12.5 Å². The zero-order chi connectivity index (χ0) is 19.4. The second-order valence-corrected chi connectivity index (χ2v) is 8.56. The molecule has 1 unspecified atom stereocenters. The third kappa shape index (κ3) is 4.31. The number of carbonyl (C=O) groups excluding carboxylic acids is 1. The van der Waals surface area contributed by atoms with Crippen LogP contribution in [0.5, 0.6) is 5.75 Å². The van der Waals surface area contributed by atoms with Gasteiger partial charge in [-0.25, -0.2) is 8.42 Å². The molecular weight excluding hydrogens is 364 g/mol. The van der Waals surface area contributed by atoms with E-state index in [2.05, 4.69) is 5.32 Å². The number of carbonyl (C=O) groups is 1. The fourth-order valence-corrected chi connectivity index (χ4v) is 4.95. The highest BCUT2D eigenvalue weighted by Gasteiger charge is 2.30. The van der Waals surface area contributed by atoms with Gasteiger partial charge in [0.15, 0.2) is 0 Å². The molecule has 0 saturated carbocycles. The lowest BCUT2D eigenvalue weighted by Crippen LogP contribution is -2.41. The molecule has 144 valence electrons. The van der Waals surface area contributed by atoms with E-state index in [0.29, 0.717) is 23.5 Å². The largest absolute Gasteiger partial charge is 0.497 e. The normalized spacial score (nSPS) is 18.1. The standard InChI is InChI=1S/C20H24N2O4S/c1-15-6-3-4-13-22(15)27(24,25)19-11-9-16(10-12-19)20(23)21-17-7-5-8-18(14-17)26-2/h5,7-12,14-15H,3-4,6,13H2,1-2H3,(H,21,23). The average molecular weight is 388 g/mol. The summed E-state index contributed by atoms with van der Waals surface area (Å²) >= 11 is 0. The van der Waals surface area contributed by atoms with E-state index in [-0.39, 0.29) is 16.8 Å². The van der Waals surface area contributed by atoms with Crippen LogP contribution in [0.3, 0.4) is 0 Å². The summed E-state index contributed by atoms with van der Waals surface area (Å²) in [7, 11) is -1.98. The van der Waals surface area contributed by atoms with Gasteiger partial charge < -0.3 is 10.1 Å². The third-order valence-electron chi connectivity index (χ3n) is 4.79. The minimum absolute atomic E-state index is 0.000198. The summed E-state index contributed by atoms with van der Waals surface area (Å²) in [6.45, 7) is 2.48. The minimum Gasteiger partial charge on any atom is -0.497 e. The summed E-state index contributed by atoms with van der Waals surface area (Å²) in [5, 5.41) is 2.78. The smallest absolute Gasteiger partial charge is 0.255 e. The number of piperidine rings is 1.